The summed E-state index contributed by atoms with van der Waals surface area (Å²) in [5.74, 6) is -1.36. The highest BCUT2D eigenvalue weighted by atomic mass is 35.5. The minimum Gasteiger partial charge on any atom is -0.367 e. The van der Waals surface area contributed by atoms with Crippen LogP contribution in [0.3, 0.4) is 0 Å². The maximum atomic E-state index is 12.7. The molecule has 2 aliphatic heterocycles. The smallest absolute Gasteiger partial charge is 0.269 e. The van der Waals surface area contributed by atoms with E-state index in [-0.39, 0.29) is 24.1 Å². The molecular formula is C21H19Cl2N5O3S. The van der Waals surface area contributed by atoms with E-state index in [1.165, 1.54) is 29.7 Å². The number of carbonyl (C=O) groups excluding carboxylic acids is 3. The predicted octanol–water partition coefficient (Wildman–Crippen LogP) is 3.06. The van der Waals surface area contributed by atoms with Crippen molar-refractivity contribution in [2.75, 3.05) is 36.4 Å². The van der Waals surface area contributed by atoms with Gasteiger partial charge in [0.2, 0.25) is 11.8 Å². The van der Waals surface area contributed by atoms with E-state index in [1.807, 2.05) is 12.1 Å². The standard InChI is InChI=1S/C21H19Cl2N5O3S/c22-15-2-1-3-16(19(15)23)27-6-8-28(9-7-27)18(30)10-14-12-32-21(25-14)26-20(31)13-4-5-17(29)24-11-13/h1-5,11-13H,6-10H2,(H,25,26,31). The van der Waals surface area contributed by atoms with Gasteiger partial charge in [0.05, 0.1) is 33.8 Å². The van der Waals surface area contributed by atoms with Crippen molar-refractivity contribution in [1.29, 1.82) is 0 Å². The Bertz CT molecular complexity index is 1090. The fourth-order valence-corrected chi connectivity index (χ4v) is 4.55. The molecule has 1 aromatic heterocycles. The number of piperazine rings is 1. The van der Waals surface area contributed by atoms with Crippen LogP contribution in [0.15, 0.2) is 40.7 Å². The van der Waals surface area contributed by atoms with Crippen LogP contribution in [-0.4, -0.2) is 60.0 Å². The molecule has 32 heavy (non-hydrogen) atoms. The number of carbonyl (C=O) groups is 3. The van der Waals surface area contributed by atoms with Gasteiger partial charge >= 0.3 is 0 Å². The lowest BCUT2D eigenvalue weighted by Crippen LogP contribution is -2.49. The first-order valence-electron chi connectivity index (χ1n) is 9.89. The second-order valence-corrected chi connectivity index (χ2v) is 8.90. The monoisotopic (exact) mass is 491 g/mol. The van der Waals surface area contributed by atoms with Crippen LogP contribution >= 0.6 is 34.5 Å². The molecule has 0 radical (unpaired) electrons. The summed E-state index contributed by atoms with van der Waals surface area (Å²) in [6.45, 7) is 2.45. The summed E-state index contributed by atoms with van der Waals surface area (Å²) < 4.78 is 0. The lowest BCUT2D eigenvalue weighted by atomic mass is 10.1. The minimum absolute atomic E-state index is 0.0223. The average Bonchev–Trinajstić information content (AvgIpc) is 3.22. The Kier molecular flexibility index (Phi) is 6.88. The molecule has 2 aromatic rings. The number of thiazole rings is 1. The highest BCUT2D eigenvalue weighted by Gasteiger charge is 2.24. The van der Waals surface area contributed by atoms with Crippen LogP contribution in [0.5, 0.6) is 0 Å². The number of hydrogen-bond acceptors (Lipinski definition) is 6. The molecule has 11 heteroatoms. The molecule has 0 aliphatic carbocycles. The van der Waals surface area contributed by atoms with Gasteiger partial charge in [0.25, 0.3) is 5.91 Å². The Balaban J connectivity index is 1.29. The van der Waals surface area contributed by atoms with Crippen molar-refractivity contribution >= 4 is 69.3 Å². The van der Waals surface area contributed by atoms with Crippen molar-refractivity contribution in [2.45, 2.75) is 6.42 Å². The molecule has 1 N–H and O–H groups in total. The van der Waals surface area contributed by atoms with Gasteiger partial charge in [-0.3, -0.25) is 14.4 Å². The van der Waals surface area contributed by atoms with Gasteiger partial charge in [-0.2, -0.15) is 0 Å². The largest absolute Gasteiger partial charge is 0.367 e. The zero-order chi connectivity index (χ0) is 22.7. The molecule has 4 rings (SSSR count). The highest BCUT2D eigenvalue weighted by Crippen LogP contribution is 2.33. The van der Waals surface area contributed by atoms with E-state index < -0.39 is 5.92 Å². The molecule has 0 bridgehead atoms. The van der Waals surface area contributed by atoms with Crippen LogP contribution in [0.25, 0.3) is 0 Å². The van der Waals surface area contributed by atoms with Gasteiger partial charge < -0.3 is 15.1 Å². The minimum atomic E-state index is -0.619. The third-order valence-electron chi connectivity index (χ3n) is 5.13. The number of benzene rings is 1. The van der Waals surface area contributed by atoms with Gasteiger partial charge in [-0.15, -0.1) is 11.3 Å². The summed E-state index contributed by atoms with van der Waals surface area (Å²) in [4.78, 5) is 47.9. The van der Waals surface area contributed by atoms with Crippen molar-refractivity contribution in [3.8, 4) is 0 Å². The van der Waals surface area contributed by atoms with E-state index in [9.17, 15) is 14.4 Å². The molecule has 2 aliphatic rings. The highest BCUT2D eigenvalue weighted by molar-refractivity contribution is 7.14. The number of anilines is 2. The van der Waals surface area contributed by atoms with Crippen LogP contribution in [0.2, 0.25) is 10.0 Å². The van der Waals surface area contributed by atoms with E-state index in [1.54, 1.807) is 16.3 Å². The van der Waals surface area contributed by atoms with Gasteiger partial charge in [-0.25, -0.2) is 9.98 Å². The first kappa shape index (κ1) is 22.4. The van der Waals surface area contributed by atoms with Crippen molar-refractivity contribution in [3.63, 3.8) is 0 Å². The van der Waals surface area contributed by atoms with Crippen LogP contribution in [0.4, 0.5) is 10.8 Å². The quantitative estimate of drug-likeness (QED) is 0.693. The number of amides is 3. The molecule has 1 atom stereocenters. The molecule has 3 heterocycles. The number of halogens is 2. The molecule has 1 aromatic carbocycles. The molecule has 3 amide bonds. The van der Waals surface area contributed by atoms with Gasteiger partial charge in [-0.05, 0) is 12.1 Å². The molecule has 0 spiro atoms. The number of aromatic nitrogens is 1. The predicted molar refractivity (Wildman–Crippen MR) is 126 cm³/mol. The summed E-state index contributed by atoms with van der Waals surface area (Å²) in [6, 6.07) is 5.53. The van der Waals surface area contributed by atoms with Gasteiger partial charge in [0, 0.05) is 43.8 Å². The van der Waals surface area contributed by atoms with Crippen molar-refractivity contribution < 1.29 is 14.4 Å². The third-order valence-corrected chi connectivity index (χ3v) is 6.75. The number of rotatable bonds is 5. The first-order chi connectivity index (χ1) is 15.4. The van der Waals surface area contributed by atoms with E-state index in [4.69, 9.17) is 23.2 Å². The normalized spacial score (nSPS) is 18.2. The lowest BCUT2D eigenvalue weighted by molar-refractivity contribution is -0.130. The Labute approximate surface area is 198 Å². The van der Waals surface area contributed by atoms with Crippen LogP contribution in [0, 0.1) is 5.92 Å². The van der Waals surface area contributed by atoms with E-state index in [2.05, 4.69) is 20.2 Å². The lowest BCUT2D eigenvalue weighted by Gasteiger charge is -2.36. The Morgan fingerprint density at radius 3 is 2.69 bits per heavy atom. The fourth-order valence-electron chi connectivity index (χ4n) is 3.42. The Hall–Kier alpha value is -2.75. The fraction of sp³-hybridized carbons (Fsp3) is 0.286. The summed E-state index contributed by atoms with van der Waals surface area (Å²) in [5, 5.41) is 5.88. The summed E-state index contributed by atoms with van der Waals surface area (Å²) in [7, 11) is 0. The van der Waals surface area contributed by atoms with Gasteiger partial charge in [0.15, 0.2) is 5.13 Å². The number of nitrogens with zero attached hydrogens (tertiary/aromatic N) is 4. The zero-order valence-electron chi connectivity index (χ0n) is 16.8. The summed E-state index contributed by atoms with van der Waals surface area (Å²) in [6.07, 6.45) is 4.20. The van der Waals surface area contributed by atoms with E-state index in [0.29, 0.717) is 47.0 Å². The number of nitrogens with one attached hydrogen (secondary N) is 1. The topological polar surface area (TPSA) is 95.0 Å². The first-order valence-corrected chi connectivity index (χ1v) is 11.5. The Morgan fingerprint density at radius 1 is 1.19 bits per heavy atom. The maximum absolute atomic E-state index is 12.7. The number of dihydropyridines is 1. The van der Waals surface area contributed by atoms with Crippen molar-refractivity contribution in [2.24, 2.45) is 10.9 Å². The van der Waals surface area contributed by atoms with Crippen LogP contribution in [0.1, 0.15) is 5.69 Å². The molecular weight excluding hydrogens is 473 g/mol. The second kappa shape index (κ2) is 9.81. The van der Waals surface area contributed by atoms with E-state index in [0.717, 1.165) is 5.69 Å². The van der Waals surface area contributed by atoms with Crippen molar-refractivity contribution in [1.82, 2.24) is 9.88 Å². The molecule has 1 fully saturated rings. The molecule has 0 saturated carbocycles. The number of aliphatic imine (C=N–C) groups is 1. The summed E-state index contributed by atoms with van der Waals surface area (Å²) in [5.41, 5.74) is 1.46. The van der Waals surface area contributed by atoms with Crippen molar-refractivity contribution in [3.05, 3.63) is 51.5 Å². The van der Waals surface area contributed by atoms with Gasteiger partial charge in [-0.1, -0.05) is 35.3 Å². The van der Waals surface area contributed by atoms with Crippen LogP contribution < -0.4 is 10.2 Å². The third kappa shape index (κ3) is 5.17. The summed E-state index contributed by atoms with van der Waals surface area (Å²) >= 11 is 13.7. The SMILES string of the molecule is O=C1C=CC(C(=O)Nc2nc(CC(=O)N3CCN(c4cccc(Cl)c4Cl)CC3)cs2)C=N1. The van der Waals surface area contributed by atoms with Crippen LogP contribution in [-0.2, 0) is 20.8 Å². The van der Waals surface area contributed by atoms with E-state index >= 15 is 0 Å². The average molecular weight is 492 g/mol. The molecule has 1 unspecified atom stereocenters. The number of hydrogen-bond donors (Lipinski definition) is 1. The molecule has 166 valence electrons. The Morgan fingerprint density at radius 2 is 1.97 bits per heavy atom. The molecule has 1 saturated heterocycles. The maximum Gasteiger partial charge on any atom is 0.269 e. The zero-order valence-corrected chi connectivity index (χ0v) is 19.2. The van der Waals surface area contributed by atoms with Gasteiger partial charge in [0.1, 0.15) is 0 Å². The second-order valence-electron chi connectivity index (χ2n) is 7.25. The molecule has 8 nitrogen and oxygen atoms in total.